The fourth-order valence-electron chi connectivity index (χ4n) is 3.31. The van der Waals surface area contributed by atoms with Gasteiger partial charge in [0.15, 0.2) is 0 Å². The summed E-state index contributed by atoms with van der Waals surface area (Å²) in [5.74, 6) is 0. The predicted molar refractivity (Wildman–Crippen MR) is 105 cm³/mol. The van der Waals surface area contributed by atoms with Crippen LogP contribution >= 0.6 is 0 Å². The number of hydrogen-bond donors (Lipinski definition) is 1. The molecule has 1 aliphatic rings. The summed E-state index contributed by atoms with van der Waals surface area (Å²) >= 11 is 0. The number of aliphatic hydroxyl groups is 1. The average molecular weight is 368 g/mol. The molecule has 0 spiro atoms. The summed E-state index contributed by atoms with van der Waals surface area (Å²) < 4.78 is 17.9. The second kappa shape index (κ2) is 10.4. The van der Waals surface area contributed by atoms with Gasteiger partial charge in [-0.2, -0.15) is 0 Å². The lowest BCUT2D eigenvalue weighted by molar-refractivity contribution is -0.197. The highest BCUT2D eigenvalue weighted by molar-refractivity contribution is 5.14. The molecule has 1 saturated heterocycles. The molecule has 0 unspecified atom stereocenters. The van der Waals surface area contributed by atoms with Gasteiger partial charge >= 0.3 is 0 Å². The van der Waals surface area contributed by atoms with Crippen molar-refractivity contribution in [2.75, 3.05) is 6.61 Å². The molecule has 144 valence electrons. The van der Waals surface area contributed by atoms with E-state index in [1.165, 1.54) is 0 Å². The fourth-order valence-corrected chi connectivity index (χ4v) is 3.31. The minimum absolute atomic E-state index is 0.108. The predicted octanol–water partition coefficient (Wildman–Crippen LogP) is 3.88. The van der Waals surface area contributed by atoms with Crippen LogP contribution in [0.4, 0.5) is 0 Å². The van der Waals surface area contributed by atoms with Gasteiger partial charge in [0.2, 0.25) is 0 Å². The fraction of sp³-hybridized carbons (Fsp3) is 0.391. The lowest BCUT2D eigenvalue weighted by atomic mass is 9.96. The first-order chi connectivity index (χ1) is 13.3. The summed E-state index contributed by atoms with van der Waals surface area (Å²) in [6, 6.07) is 20.1. The summed E-state index contributed by atoms with van der Waals surface area (Å²) in [6.07, 6.45) is 1.59. The maximum absolute atomic E-state index is 10.6. The van der Waals surface area contributed by atoms with Crippen molar-refractivity contribution in [1.82, 2.24) is 0 Å². The summed E-state index contributed by atoms with van der Waals surface area (Å²) in [5, 5.41) is 10.6. The third-order valence-electron chi connectivity index (χ3n) is 4.75. The Bertz CT molecular complexity index is 673. The zero-order valence-electron chi connectivity index (χ0n) is 15.6. The van der Waals surface area contributed by atoms with E-state index in [2.05, 4.69) is 6.58 Å². The largest absolute Gasteiger partial charge is 0.388 e. The molecule has 0 aliphatic carbocycles. The first kappa shape index (κ1) is 19.8. The summed E-state index contributed by atoms with van der Waals surface area (Å²) in [4.78, 5) is 0. The van der Waals surface area contributed by atoms with Crippen LogP contribution in [-0.4, -0.2) is 36.1 Å². The Morgan fingerprint density at radius 2 is 1.63 bits per heavy atom. The van der Waals surface area contributed by atoms with Crippen LogP contribution in [-0.2, 0) is 27.4 Å². The van der Waals surface area contributed by atoms with Crippen molar-refractivity contribution in [1.29, 1.82) is 0 Å². The first-order valence-electron chi connectivity index (χ1n) is 9.48. The van der Waals surface area contributed by atoms with Crippen molar-refractivity contribution < 1.29 is 19.3 Å². The summed E-state index contributed by atoms with van der Waals surface area (Å²) in [6.45, 7) is 5.26. The van der Waals surface area contributed by atoms with Gasteiger partial charge in [0.1, 0.15) is 6.10 Å². The van der Waals surface area contributed by atoms with E-state index in [-0.39, 0.29) is 18.3 Å². The molecule has 0 radical (unpaired) electrons. The molecular formula is C23H28O4. The Labute approximate surface area is 161 Å². The summed E-state index contributed by atoms with van der Waals surface area (Å²) in [5.41, 5.74) is 2.22. The summed E-state index contributed by atoms with van der Waals surface area (Å²) in [7, 11) is 0. The minimum atomic E-state index is -0.669. The van der Waals surface area contributed by atoms with Gasteiger partial charge in [-0.15, -0.1) is 6.58 Å². The monoisotopic (exact) mass is 368 g/mol. The van der Waals surface area contributed by atoms with Crippen LogP contribution in [0.25, 0.3) is 0 Å². The second-order valence-corrected chi connectivity index (χ2v) is 6.88. The van der Waals surface area contributed by atoms with Crippen LogP contribution in [0.2, 0.25) is 0 Å². The lowest BCUT2D eigenvalue weighted by Crippen LogP contribution is -2.50. The van der Waals surface area contributed by atoms with Gasteiger partial charge in [0.25, 0.3) is 0 Å². The van der Waals surface area contributed by atoms with Crippen LogP contribution < -0.4 is 0 Å². The molecule has 0 amide bonds. The number of hydrogen-bond acceptors (Lipinski definition) is 4. The number of benzene rings is 2. The normalized spacial score (nSPS) is 25.2. The molecule has 0 aromatic heterocycles. The lowest BCUT2D eigenvalue weighted by Gasteiger charge is -2.39. The Balaban J connectivity index is 1.54. The van der Waals surface area contributed by atoms with Gasteiger partial charge < -0.3 is 19.3 Å². The first-order valence-corrected chi connectivity index (χ1v) is 9.48. The van der Waals surface area contributed by atoms with Crippen molar-refractivity contribution in [3.8, 4) is 0 Å². The van der Waals surface area contributed by atoms with Crippen LogP contribution in [0.5, 0.6) is 0 Å². The van der Waals surface area contributed by atoms with Crippen molar-refractivity contribution in [2.45, 2.75) is 50.5 Å². The van der Waals surface area contributed by atoms with Gasteiger partial charge in [-0.1, -0.05) is 66.7 Å². The van der Waals surface area contributed by atoms with E-state index in [9.17, 15) is 5.11 Å². The zero-order chi connectivity index (χ0) is 18.9. The maximum Gasteiger partial charge on any atom is 0.107 e. The Kier molecular flexibility index (Phi) is 7.60. The van der Waals surface area contributed by atoms with Crippen molar-refractivity contribution in [3.05, 3.63) is 84.4 Å². The SMILES string of the molecule is C=CC[C@H]1O[C@H](COCc2ccccc2)C[C@H](OCc2ccccc2)[C@@H]1O. The number of rotatable bonds is 9. The van der Waals surface area contributed by atoms with E-state index in [1.54, 1.807) is 6.08 Å². The highest BCUT2D eigenvalue weighted by atomic mass is 16.6. The van der Waals surface area contributed by atoms with Crippen LogP contribution in [0, 0.1) is 0 Å². The van der Waals surface area contributed by atoms with Crippen molar-refractivity contribution >= 4 is 0 Å². The molecular weight excluding hydrogens is 340 g/mol. The molecule has 4 nitrogen and oxygen atoms in total. The molecule has 1 fully saturated rings. The standard InChI is InChI=1S/C23H28O4/c1-2-9-21-23(24)22(26-16-19-12-7-4-8-13-19)14-20(27-21)17-25-15-18-10-5-3-6-11-18/h2-8,10-13,20-24H,1,9,14-17H2/t20-,21+,22-,23+/m0/s1. The maximum atomic E-state index is 10.6. The van der Waals surface area contributed by atoms with Crippen LogP contribution in [0.1, 0.15) is 24.0 Å². The molecule has 1 N–H and O–H groups in total. The highest BCUT2D eigenvalue weighted by Crippen LogP contribution is 2.26. The molecule has 3 rings (SSSR count). The van der Waals surface area contributed by atoms with E-state index in [0.717, 1.165) is 11.1 Å². The van der Waals surface area contributed by atoms with E-state index in [0.29, 0.717) is 32.7 Å². The molecule has 2 aromatic rings. The van der Waals surface area contributed by atoms with Gasteiger partial charge in [0.05, 0.1) is 38.1 Å². The second-order valence-electron chi connectivity index (χ2n) is 6.88. The third-order valence-corrected chi connectivity index (χ3v) is 4.75. The minimum Gasteiger partial charge on any atom is -0.388 e. The smallest absolute Gasteiger partial charge is 0.107 e. The molecule has 4 heteroatoms. The Hall–Kier alpha value is -1.98. The Morgan fingerprint density at radius 1 is 1.00 bits per heavy atom. The topological polar surface area (TPSA) is 47.9 Å². The molecule has 1 heterocycles. The van der Waals surface area contributed by atoms with E-state index >= 15 is 0 Å². The number of aliphatic hydroxyl groups excluding tert-OH is 1. The van der Waals surface area contributed by atoms with E-state index < -0.39 is 6.10 Å². The van der Waals surface area contributed by atoms with Crippen molar-refractivity contribution in [2.24, 2.45) is 0 Å². The molecule has 4 atom stereocenters. The zero-order valence-corrected chi connectivity index (χ0v) is 15.6. The number of ether oxygens (including phenoxy) is 3. The van der Waals surface area contributed by atoms with Gasteiger partial charge in [-0.25, -0.2) is 0 Å². The van der Waals surface area contributed by atoms with E-state index in [1.807, 2.05) is 60.7 Å². The van der Waals surface area contributed by atoms with E-state index in [4.69, 9.17) is 14.2 Å². The molecule has 0 saturated carbocycles. The van der Waals surface area contributed by atoms with Gasteiger partial charge in [-0.3, -0.25) is 0 Å². The molecule has 2 aromatic carbocycles. The third kappa shape index (κ3) is 6.01. The van der Waals surface area contributed by atoms with Gasteiger partial charge in [0, 0.05) is 6.42 Å². The molecule has 1 aliphatic heterocycles. The molecule has 27 heavy (non-hydrogen) atoms. The average Bonchev–Trinajstić information content (AvgIpc) is 2.71. The Morgan fingerprint density at radius 3 is 2.26 bits per heavy atom. The quantitative estimate of drug-likeness (QED) is 0.683. The van der Waals surface area contributed by atoms with Crippen LogP contribution in [0.3, 0.4) is 0 Å². The van der Waals surface area contributed by atoms with Crippen molar-refractivity contribution in [3.63, 3.8) is 0 Å². The van der Waals surface area contributed by atoms with Gasteiger partial charge in [-0.05, 0) is 17.5 Å². The van der Waals surface area contributed by atoms with Crippen LogP contribution in [0.15, 0.2) is 73.3 Å². The molecule has 0 bridgehead atoms. The highest BCUT2D eigenvalue weighted by Gasteiger charge is 2.37.